The maximum atomic E-state index is 5.71. The molecule has 1 saturated heterocycles. The third-order valence-corrected chi connectivity index (χ3v) is 3.37. The second-order valence-electron chi connectivity index (χ2n) is 4.43. The molecule has 0 amide bonds. The summed E-state index contributed by atoms with van der Waals surface area (Å²) >= 11 is 0. The quantitative estimate of drug-likeness (QED) is 0.863. The molecule has 2 rings (SSSR count). The molecule has 1 atom stereocenters. The van der Waals surface area contributed by atoms with E-state index in [0.29, 0.717) is 6.04 Å². The fraction of sp³-hybridized carbons (Fsp3) is 0.571. The Hall–Kier alpha value is -1.06. The Kier molecular flexibility index (Phi) is 4.40. The van der Waals surface area contributed by atoms with E-state index in [2.05, 4.69) is 35.3 Å². The number of nitrogens with zero attached hydrogens (tertiary/aromatic N) is 1. The van der Waals surface area contributed by atoms with Crippen LogP contribution in [0.1, 0.15) is 25.5 Å². The predicted octanol–water partition coefficient (Wildman–Crippen LogP) is 2.05. The van der Waals surface area contributed by atoms with Crippen LogP contribution in [-0.2, 0) is 0 Å². The summed E-state index contributed by atoms with van der Waals surface area (Å²) in [4.78, 5) is 2.51. The van der Waals surface area contributed by atoms with E-state index in [9.17, 15) is 0 Å². The highest BCUT2D eigenvalue weighted by Crippen LogP contribution is 2.29. The first-order valence-electron chi connectivity index (χ1n) is 6.49. The van der Waals surface area contributed by atoms with Crippen LogP contribution >= 0.6 is 0 Å². The summed E-state index contributed by atoms with van der Waals surface area (Å²) in [7, 11) is 0. The van der Waals surface area contributed by atoms with Crippen molar-refractivity contribution in [2.24, 2.45) is 0 Å². The molecule has 1 aromatic rings. The van der Waals surface area contributed by atoms with Gasteiger partial charge in [-0.15, -0.1) is 0 Å². The molecule has 0 radical (unpaired) electrons. The molecule has 1 aliphatic rings. The number of hydrogen-bond acceptors (Lipinski definition) is 3. The molecule has 0 bridgehead atoms. The average molecular weight is 234 g/mol. The number of para-hydroxylation sites is 1. The van der Waals surface area contributed by atoms with Crippen molar-refractivity contribution in [2.45, 2.75) is 19.9 Å². The fourth-order valence-electron chi connectivity index (χ4n) is 2.38. The van der Waals surface area contributed by atoms with Crippen molar-refractivity contribution in [2.75, 3.05) is 32.8 Å². The van der Waals surface area contributed by atoms with Crippen LogP contribution in [0.3, 0.4) is 0 Å². The first-order valence-corrected chi connectivity index (χ1v) is 6.49. The van der Waals surface area contributed by atoms with Crippen molar-refractivity contribution in [3.05, 3.63) is 29.8 Å². The number of piperazine rings is 1. The Morgan fingerprint density at radius 1 is 1.29 bits per heavy atom. The molecule has 94 valence electrons. The van der Waals surface area contributed by atoms with E-state index in [-0.39, 0.29) is 0 Å². The lowest BCUT2D eigenvalue weighted by molar-refractivity contribution is 0.181. The molecule has 3 nitrogen and oxygen atoms in total. The van der Waals surface area contributed by atoms with Crippen LogP contribution < -0.4 is 10.1 Å². The topological polar surface area (TPSA) is 24.5 Å². The van der Waals surface area contributed by atoms with Crippen molar-refractivity contribution in [3.8, 4) is 5.75 Å². The smallest absolute Gasteiger partial charge is 0.124 e. The zero-order valence-corrected chi connectivity index (χ0v) is 10.8. The Labute approximate surface area is 104 Å². The van der Waals surface area contributed by atoms with Gasteiger partial charge in [-0.05, 0) is 19.9 Å². The van der Waals surface area contributed by atoms with Gasteiger partial charge in [0.05, 0.1) is 6.61 Å². The Morgan fingerprint density at radius 2 is 2.00 bits per heavy atom. The Bertz CT molecular complexity index is 348. The highest BCUT2D eigenvalue weighted by Gasteiger charge is 2.20. The SMILES string of the molecule is CCOc1ccccc1C(C)N1CCNCC1. The molecule has 1 N–H and O–H groups in total. The third kappa shape index (κ3) is 2.99. The van der Waals surface area contributed by atoms with Gasteiger partial charge in [0.2, 0.25) is 0 Å². The van der Waals surface area contributed by atoms with Gasteiger partial charge in [-0.25, -0.2) is 0 Å². The van der Waals surface area contributed by atoms with Crippen LogP contribution in [0.4, 0.5) is 0 Å². The summed E-state index contributed by atoms with van der Waals surface area (Å²) in [5, 5.41) is 3.39. The minimum absolute atomic E-state index is 0.430. The normalized spacial score (nSPS) is 18.9. The number of hydrogen-bond donors (Lipinski definition) is 1. The highest BCUT2D eigenvalue weighted by atomic mass is 16.5. The van der Waals surface area contributed by atoms with Gasteiger partial charge in [0.25, 0.3) is 0 Å². The van der Waals surface area contributed by atoms with Gasteiger partial charge in [0.15, 0.2) is 0 Å². The summed E-state index contributed by atoms with van der Waals surface area (Å²) in [5.41, 5.74) is 1.30. The molecule has 0 aromatic heterocycles. The lowest BCUT2D eigenvalue weighted by atomic mass is 10.1. The summed E-state index contributed by atoms with van der Waals surface area (Å²) in [6.07, 6.45) is 0. The molecular formula is C14H22N2O. The molecule has 1 unspecified atom stereocenters. The molecule has 0 aliphatic carbocycles. The maximum Gasteiger partial charge on any atom is 0.124 e. The van der Waals surface area contributed by atoms with Crippen LogP contribution in [0.15, 0.2) is 24.3 Å². The summed E-state index contributed by atoms with van der Waals surface area (Å²) in [5.74, 6) is 1.03. The zero-order valence-electron chi connectivity index (χ0n) is 10.8. The first kappa shape index (κ1) is 12.4. The van der Waals surface area contributed by atoms with Crippen molar-refractivity contribution in [3.63, 3.8) is 0 Å². The zero-order chi connectivity index (χ0) is 12.1. The molecule has 1 aromatic carbocycles. The molecule has 3 heteroatoms. The molecule has 17 heavy (non-hydrogen) atoms. The number of ether oxygens (including phenoxy) is 1. The van der Waals surface area contributed by atoms with Gasteiger partial charge in [-0.1, -0.05) is 18.2 Å². The molecule has 1 fully saturated rings. The minimum atomic E-state index is 0.430. The molecule has 1 heterocycles. The number of benzene rings is 1. The van der Waals surface area contributed by atoms with Crippen molar-refractivity contribution >= 4 is 0 Å². The summed E-state index contributed by atoms with van der Waals surface area (Å²) in [6, 6.07) is 8.81. The van der Waals surface area contributed by atoms with Crippen molar-refractivity contribution in [1.29, 1.82) is 0 Å². The van der Waals surface area contributed by atoms with E-state index < -0.39 is 0 Å². The fourth-order valence-corrected chi connectivity index (χ4v) is 2.38. The Morgan fingerprint density at radius 3 is 2.71 bits per heavy atom. The van der Waals surface area contributed by atoms with Crippen LogP contribution in [0.2, 0.25) is 0 Å². The van der Waals surface area contributed by atoms with Crippen LogP contribution in [-0.4, -0.2) is 37.7 Å². The van der Waals surface area contributed by atoms with Crippen molar-refractivity contribution < 1.29 is 4.74 Å². The van der Waals surface area contributed by atoms with Crippen molar-refractivity contribution in [1.82, 2.24) is 10.2 Å². The van der Waals surface area contributed by atoms with Gasteiger partial charge in [0, 0.05) is 37.8 Å². The van der Waals surface area contributed by atoms with Gasteiger partial charge in [-0.3, -0.25) is 4.90 Å². The molecule has 1 aliphatic heterocycles. The monoisotopic (exact) mass is 234 g/mol. The minimum Gasteiger partial charge on any atom is -0.494 e. The lowest BCUT2D eigenvalue weighted by Crippen LogP contribution is -2.44. The van der Waals surface area contributed by atoms with E-state index in [1.54, 1.807) is 0 Å². The van der Waals surface area contributed by atoms with Gasteiger partial charge < -0.3 is 10.1 Å². The van der Waals surface area contributed by atoms with E-state index in [1.165, 1.54) is 5.56 Å². The Balaban J connectivity index is 2.14. The second-order valence-corrected chi connectivity index (χ2v) is 4.43. The van der Waals surface area contributed by atoms with Crippen LogP contribution in [0.25, 0.3) is 0 Å². The van der Waals surface area contributed by atoms with E-state index in [1.807, 2.05) is 13.0 Å². The lowest BCUT2D eigenvalue weighted by Gasteiger charge is -2.33. The summed E-state index contributed by atoms with van der Waals surface area (Å²) in [6.45, 7) is 9.42. The van der Waals surface area contributed by atoms with Gasteiger partial charge >= 0.3 is 0 Å². The predicted molar refractivity (Wildman–Crippen MR) is 70.5 cm³/mol. The average Bonchev–Trinajstić information content (AvgIpc) is 2.40. The number of rotatable bonds is 4. The van der Waals surface area contributed by atoms with Crippen LogP contribution in [0.5, 0.6) is 5.75 Å². The van der Waals surface area contributed by atoms with E-state index >= 15 is 0 Å². The molecular weight excluding hydrogens is 212 g/mol. The van der Waals surface area contributed by atoms with Crippen LogP contribution in [0, 0.1) is 0 Å². The largest absolute Gasteiger partial charge is 0.494 e. The number of nitrogens with one attached hydrogen (secondary N) is 1. The molecule has 0 spiro atoms. The van der Waals surface area contributed by atoms with E-state index in [0.717, 1.165) is 38.5 Å². The van der Waals surface area contributed by atoms with E-state index in [4.69, 9.17) is 4.74 Å². The third-order valence-electron chi connectivity index (χ3n) is 3.37. The first-order chi connectivity index (χ1) is 8.33. The molecule has 0 saturated carbocycles. The van der Waals surface area contributed by atoms with Gasteiger partial charge in [-0.2, -0.15) is 0 Å². The maximum absolute atomic E-state index is 5.71. The van der Waals surface area contributed by atoms with Gasteiger partial charge in [0.1, 0.15) is 5.75 Å². The second kappa shape index (κ2) is 6.03. The highest BCUT2D eigenvalue weighted by molar-refractivity contribution is 5.35. The summed E-state index contributed by atoms with van der Waals surface area (Å²) < 4.78 is 5.71. The standard InChI is InChI=1S/C14H22N2O/c1-3-17-14-7-5-4-6-13(14)12(2)16-10-8-15-9-11-16/h4-7,12,15H,3,8-11H2,1-2H3.